The lowest BCUT2D eigenvalue weighted by Gasteiger charge is -2.22. The summed E-state index contributed by atoms with van der Waals surface area (Å²) in [5, 5.41) is 1.01. The summed E-state index contributed by atoms with van der Waals surface area (Å²) in [5.41, 5.74) is 0.975. The molecule has 3 unspecified atom stereocenters. The van der Waals surface area contributed by atoms with Gasteiger partial charge in [0.25, 0.3) is 0 Å². The van der Waals surface area contributed by atoms with Crippen molar-refractivity contribution in [1.82, 2.24) is 9.88 Å². The Hall–Kier alpha value is -0.940. The van der Waals surface area contributed by atoms with E-state index in [-0.39, 0.29) is 0 Å². The maximum absolute atomic E-state index is 11.3. The van der Waals surface area contributed by atoms with Crippen molar-refractivity contribution in [3.05, 3.63) is 10.6 Å². The number of nitrogens with zero attached hydrogens (tertiary/aromatic N) is 3. The van der Waals surface area contributed by atoms with E-state index in [9.17, 15) is 4.79 Å². The Morgan fingerprint density at radius 3 is 2.70 bits per heavy atom. The number of hydrogen-bond donors (Lipinski definition) is 0. The quantitative estimate of drug-likeness (QED) is 0.783. The molecular formula is C15H25N3OS. The molecule has 0 bridgehead atoms. The second-order valence-electron chi connectivity index (χ2n) is 6.09. The Morgan fingerprint density at radius 1 is 1.50 bits per heavy atom. The van der Waals surface area contributed by atoms with Crippen LogP contribution < -0.4 is 4.90 Å². The predicted octanol–water partition coefficient (Wildman–Crippen LogP) is 2.86. The summed E-state index contributed by atoms with van der Waals surface area (Å²) in [5.74, 6) is 0.977. The molecule has 1 fully saturated rings. The first kappa shape index (κ1) is 15.4. The van der Waals surface area contributed by atoms with E-state index in [1.165, 1.54) is 0 Å². The van der Waals surface area contributed by atoms with Gasteiger partial charge in [-0.25, -0.2) is 4.98 Å². The minimum absolute atomic E-state index is 0.352. The van der Waals surface area contributed by atoms with Crippen molar-refractivity contribution in [2.75, 3.05) is 32.1 Å². The van der Waals surface area contributed by atoms with Crippen molar-refractivity contribution in [2.45, 2.75) is 39.2 Å². The molecule has 0 aromatic carbocycles. The molecular weight excluding hydrogens is 270 g/mol. The van der Waals surface area contributed by atoms with Crippen LogP contribution in [0.3, 0.4) is 0 Å². The van der Waals surface area contributed by atoms with Gasteiger partial charge in [0.15, 0.2) is 11.4 Å². The highest BCUT2D eigenvalue weighted by Gasteiger charge is 2.33. The van der Waals surface area contributed by atoms with Gasteiger partial charge in [0, 0.05) is 19.1 Å². The van der Waals surface area contributed by atoms with E-state index >= 15 is 0 Å². The van der Waals surface area contributed by atoms with Crippen molar-refractivity contribution < 1.29 is 4.79 Å². The average molecular weight is 295 g/mol. The number of rotatable bonds is 5. The van der Waals surface area contributed by atoms with Gasteiger partial charge in [0.2, 0.25) is 0 Å². The fourth-order valence-electron chi connectivity index (χ4n) is 2.88. The Balaban J connectivity index is 2.22. The SMILES string of the molecule is CCC(C)c1nc(N2CC(C)C(N(C)C)C2)sc1C=O. The minimum Gasteiger partial charge on any atom is -0.346 e. The fraction of sp³-hybridized carbons (Fsp3) is 0.733. The van der Waals surface area contributed by atoms with Crippen molar-refractivity contribution >= 4 is 22.8 Å². The molecule has 2 heterocycles. The van der Waals surface area contributed by atoms with Crippen molar-refractivity contribution in [2.24, 2.45) is 5.92 Å². The molecule has 3 atom stereocenters. The highest BCUT2D eigenvalue weighted by Crippen LogP contribution is 2.34. The van der Waals surface area contributed by atoms with E-state index < -0.39 is 0 Å². The Morgan fingerprint density at radius 2 is 2.20 bits per heavy atom. The molecule has 1 aliphatic heterocycles. The van der Waals surface area contributed by atoms with Crippen LogP contribution in [-0.2, 0) is 0 Å². The van der Waals surface area contributed by atoms with Gasteiger partial charge in [0.1, 0.15) is 0 Å². The standard InChI is InChI=1S/C15H25N3OS/c1-6-10(2)14-13(9-19)20-15(16-14)18-7-11(3)12(8-18)17(4)5/h9-12H,6-8H2,1-5H3. The van der Waals surface area contributed by atoms with Gasteiger partial charge in [-0.15, -0.1) is 0 Å². The maximum atomic E-state index is 11.3. The van der Waals surface area contributed by atoms with E-state index in [2.05, 4.69) is 44.7 Å². The third-order valence-electron chi connectivity index (χ3n) is 4.36. The van der Waals surface area contributed by atoms with Gasteiger partial charge in [0.05, 0.1) is 10.6 Å². The van der Waals surface area contributed by atoms with E-state index in [4.69, 9.17) is 4.98 Å². The number of aromatic nitrogens is 1. The molecule has 0 spiro atoms. The van der Waals surface area contributed by atoms with Gasteiger partial charge in [-0.3, -0.25) is 4.79 Å². The Bertz CT molecular complexity index is 472. The Kier molecular flexibility index (Phi) is 4.81. The summed E-state index contributed by atoms with van der Waals surface area (Å²) in [6.07, 6.45) is 1.98. The van der Waals surface area contributed by atoms with Crippen molar-refractivity contribution in [3.63, 3.8) is 0 Å². The topological polar surface area (TPSA) is 36.4 Å². The van der Waals surface area contributed by atoms with E-state index in [0.29, 0.717) is 17.9 Å². The molecule has 5 heteroatoms. The number of hydrogen-bond acceptors (Lipinski definition) is 5. The molecule has 0 N–H and O–H groups in total. The number of carbonyl (C=O) groups is 1. The van der Waals surface area contributed by atoms with Crippen LogP contribution in [0.5, 0.6) is 0 Å². The monoisotopic (exact) mass is 295 g/mol. The molecule has 0 radical (unpaired) electrons. The number of aldehydes is 1. The molecule has 112 valence electrons. The van der Waals surface area contributed by atoms with Crippen LogP contribution in [0, 0.1) is 5.92 Å². The first-order valence-electron chi connectivity index (χ1n) is 7.35. The van der Waals surface area contributed by atoms with Crippen molar-refractivity contribution in [3.8, 4) is 0 Å². The van der Waals surface area contributed by atoms with Crippen LogP contribution in [-0.4, -0.2) is 49.4 Å². The van der Waals surface area contributed by atoms with Gasteiger partial charge in [-0.2, -0.15) is 0 Å². The molecule has 4 nitrogen and oxygen atoms in total. The summed E-state index contributed by atoms with van der Waals surface area (Å²) in [6.45, 7) is 8.59. The lowest BCUT2D eigenvalue weighted by atomic mass is 10.0. The third kappa shape index (κ3) is 2.88. The van der Waals surface area contributed by atoms with Crippen LogP contribution in [0.2, 0.25) is 0 Å². The second kappa shape index (κ2) is 6.22. The van der Waals surface area contributed by atoms with Gasteiger partial charge in [-0.1, -0.05) is 32.1 Å². The zero-order valence-corrected chi connectivity index (χ0v) is 13.9. The van der Waals surface area contributed by atoms with Crippen LogP contribution in [0.15, 0.2) is 0 Å². The molecule has 0 aliphatic carbocycles. The summed E-state index contributed by atoms with van der Waals surface area (Å²) in [4.78, 5) is 21.4. The number of carbonyl (C=O) groups excluding carboxylic acids is 1. The summed E-state index contributed by atoms with van der Waals surface area (Å²) < 4.78 is 0. The Labute approximate surface area is 125 Å². The van der Waals surface area contributed by atoms with Crippen LogP contribution in [0.25, 0.3) is 0 Å². The van der Waals surface area contributed by atoms with Crippen molar-refractivity contribution in [1.29, 1.82) is 0 Å². The molecule has 0 saturated carbocycles. The molecule has 1 saturated heterocycles. The minimum atomic E-state index is 0.352. The van der Waals surface area contributed by atoms with E-state index in [1.54, 1.807) is 11.3 Å². The van der Waals surface area contributed by atoms with E-state index in [1.807, 2.05) is 0 Å². The first-order chi connectivity index (χ1) is 9.47. The van der Waals surface area contributed by atoms with Gasteiger partial charge >= 0.3 is 0 Å². The largest absolute Gasteiger partial charge is 0.346 e. The molecule has 1 aromatic rings. The van der Waals surface area contributed by atoms with Crippen LogP contribution in [0.4, 0.5) is 5.13 Å². The fourth-order valence-corrected chi connectivity index (χ4v) is 3.89. The highest BCUT2D eigenvalue weighted by molar-refractivity contribution is 7.17. The number of thiazole rings is 1. The maximum Gasteiger partial charge on any atom is 0.186 e. The van der Waals surface area contributed by atoms with Crippen LogP contribution in [0.1, 0.15) is 48.5 Å². The molecule has 20 heavy (non-hydrogen) atoms. The second-order valence-corrected chi connectivity index (χ2v) is 7.10. The lowest BCUT2D eigenvalue weighted by molar-refractivity contribution is 0.112. The number of anilines is 1. The lowest BCUT2D eigenvalue weighted by Crippen LogP contribution is -2.34. The zero-order valence-electron chi connectivity index (χ0n) is 13.1. The summed E-state index contributed by atoms with van der Waals surface area (Å²) >= 11 is 1.54. The molecule has 1 aliphatic rings. The molecule has 1 aromatic heterocycles. The van der Waals surface area contributed by atoms with Crippen LogP contribution >= 0.6 is 11.3 Å². The molecule has 2 rings (SSSR count). The third-order valence-corrected chi connectivity index (χ3v) is 5.42. The predicted molar refractivity (Wildman–Crippen MR) is 85.1 cm³/mol. The first-order valence-corrected chi connectivity index (χ1v) is 8.16. The van der Waals surface area contributed by atoms with Gasteiger partial charge < -0.3 is 9.80 Å². The highest BCUT2D eigenvalue weighted by atomic mass is 32.1. The zero-order chi connectivity index (χ0) is 14.9. The number of likely N-dealkylation sites (N-methyl/N-ethyl adjacent to an activating group) is 1. The molecule has 0 amide bonds. The van der Waals surface area contributed by atoms with E-state index in [0.717, 1.165) is 41.5 Å². The normalized spacial score (nSPS) is 24.4. The average Bonchev–Trinajstić information content (AvgIpc) is 3.00. The summed E-state index contributed by atoms with van der Waals surface area (Å²) in [7, 11) is 4.27. The summed E-state index contributed by atoms with van der Waals surface area (Å²) in [6, 6.07) is 0.561. The smallest absolute Gasteiger partial charge is 0.186 e. The van der Waals surface area contributed by atoms with Gasteiger partial charge in [-0.05, 0) is 32.4 Å².